The molecule has 0 spiro atoms. The Balaban J connectivity index is 1.80. The molecule has 3 rings (SSSR count). The number of amides is 2. The molecule has 0 unspecified atom stereocenters. The van der Waals surface area contributed by atoms with Crippen LogP contribution in [-0.2, 0) is 11.3 Å². The van der Waals surface area contributed by atoms with Gasteiger partial charge in [-0.1, -0.05) is 68.7 Å². The van der Waals surface area contributed by atoms with E-state index in [9.17, 15) is 9.59 Å². The molecule has 0 aliphatic rings. The number of aromatic nitrogens is 3. The summed E-state index contributed by atoms with van der Waals surface area (Å²) in [5.74, 6) is 0.808. The second kappa shape index (κ2) is 14.5. The van der Waals surface area contributed by atoms with Crippen LogP contribution in [0.5, 0.6) is 0 Å². The minimum Gasteiger partial charge on any atom is -0.342 e. The van der Waals surface area contributed by atoms with Gasteiger partial charge in [0.15, 0.2) is 11.0 Å². The molecule has 0 aliphatic heterocycles. The highest BCUT2D eigenvalue weighted by molar-refractivity contribution is 14.1. The Morgan fingerprint density at radius 1 is 1.13 bits per heavy atom. The molecule has 0 aliphatic carbocycles. The Hall–Kier alpha value is -2.08. The molecule has 1 atom stereocenters. The zero-order valence-electron chi connectivity index (χ0n) is 22.3. The van der Waals surface area contributed by atoms with Crippen molar-refractivity contribution in [2.75, 3.05) is 11.1 Å². The Morgan fingerprint density at radius 2 is 1.87 bits per heavy atom. The van der Waals surface area contributed by atoms with Crippen LogP contribution in [0.3, 0.4) is 0 Å². The number of carbonyl (C=O) groups excluding carboxylic acids is 2. The summed E-state index contributed by atoms with van der Waals surface area (Å²) in [7, 11) is 0. The van der Waals surface area contributed by atoms with Crippen molar-refractivity contribution in [3.8, 4) is 0 Å². The lowest BCUT2D eigenvalue weighted by Crippen LogP contribution is -2.32. The van der Waals surface area contributed by atoms with Crippen LogP contribution in [0.25, 0.3) is 0 Å². The monoisotopic (exact) mass is 699 g/mol. The third kappa shape index (κ3) is 8.70. The normalized spacial score (nSPS) is 12.0. The van der Waals surface area contributed by atoms with E-state index >= 15 is 0 Å². The molecule has 1 heterocycles. The van der Waals surface area contributed by atoms with E-state index in [2.05, 4.69) is 83.8 Å². The first-order valence-corrected chi connectivity index (χ1v) is 15.3. The van der Waals surface area contributed by atoms with E-state index in [4.69, 9.17) is 23.2 Å². The number of hydrogen-bond acceptors (Lipinski definition) is 5. The number of halogens is 3. The highest BCUT2D eigenvalue weighted by Gasteiger charge is 2.25. The molecule has 11 heteroatoms. The lowest BCUT2D eigenvalue weighted by molar-refractivity contribution is -0.113. The smallest absolute Gasteiger partial charge is 0.253 e. The fourth-order valence-electron chi connectivity index (χ4n) is 4.02. The summed E-state index contributed by atoms with van der Waals surface area (Å²) < 4.78 is 3.00. The maximum Gasteiger partial charge on any atom is 0.253 e. The maximum atomic E-state index is 13.1. The number of thioether (sulfide) groups is 1. The Kier molecular flexibility index (Phi) is 11.7. The van der Waals surface area contributed by atoms with Crippen LogP contribution >= 0.6 is 57.6 Å². The van der Waals surface area contributed by atoms with Crippen molar-refractivity contribution in [3.63, 3.8) is 0 Å². The van der Waals surface area contributed by atoms with Crippen LogP contribution < -0.4 is 10.6 Å². The number of rotatable bonds is 12. The van der Waals surface area contributed by atoms with Gasteiger partial charge in [-0.05, 0) is 82.8 Å². The molecule has 0 radical (unpaired) electrons. The standard InChI is InChI=1S/C28H32Cl2IN5O2S/c1-6-11-36-26(24(12-16(2)3)33-27(38)20-9-7-18(29)13-22(20)30)34-35-28(36)39-15-25(37)32-23-10-8-19(31)14-21(23)17(4)5/h6-10,13-14,16-17,24H,1,11-12,15H2,2-5H3,(H,32,37)(H,33,38)/t24-/m0/s1. The van der Waals surface area contributed by atoms with Gasteiger partial charge >= 0.3 is 0 Å². The second-order valence-corrected chi connectivity index (χ2v) is 12.8. The highest BCUT2D eigenvalue weighted by Crippen LogP contribution is 2.29. The molecule has 39 heavy (non-hydrogen) atoms. The van der Waals surface area contributed by atoms with Gasteiger partial charge < -0.3 is 15.2 Å². The number of anilines is 1. The number of carbonyl (C=O) groups is 2. The van der Waals surface area contributed by atoms with Gasteiger partial charge in [0.2, 0.25) is 5.91 Å². The Morgan fingerprint density at radius 3 is 2.51 bits per heavy atom. The van der Waals surface area contributed by atoms with Gasteiger partial charge in [0.25, 0.3) is 5.91 Å². The van der Waals surface area contributed by atoms with Gasteiger partial charge in [-0.3, -0.25) is 9.59 Å². The van der Waals surface area contributed by atoms with E-state index in [0.717, 1.165) is 14.8 Å². The van der Waals surface area contributed by atoms with Crippen molar-refractivity contribution in [2.45, 2.75) is 57.8 Å². The predicted octanol–water partition coefficient (Wildman–Crippen LogP) is 7.75. The van der Waals surface area contributed by atoms with Crippen molar-refractivity contribution in [1.82, 2.24) is 20.1 Å². The summed E-state index contributed by atoms with van der Waals surface area (Å²) in [4.78, 5) is 26.0. The van der Waals surface area contributed by atoms with Crippen LogP contribution in [-0.4, -0.2) is 32.3 Å². The van der Waals surface area contributed by atoms with Gasteiger partial charge in [0, 0.05) is 20.8 Å². The molecule has 2 amide bonds. The molecule has 0 saturated heterocycles. The first-order valence-electron chi connectivity index (χ1n) is 12.5. The summed E-state index contributed by atoms with van der Waals surface area (Å²) in [6.07, 6.45) is 2.37. The molecule has 0 bridgehead atoms. The van der Waals surface area contributed by atoms with E-state index in [-0.39, 0.29) is 34.4 Å². The number of nitrogens with one attached hydrogen (secondary N) is 2. The third-order valence-electron chi connectivity index (χ3n) is 5.80. The average Bonchev–Trinajstić information content (AvgIpc) is 3.25. The molecule has 7 nitrogen and oxygen atoms in total. The van der Waals surface area contributed by atoms with Crippen LogP contribution in [0.4, 0.5) is 5.69 Å². The summed E-state index contributed by atoms with van der Waals surface area (Å²) in [5.41, 5.74) is 2.22. The van der Waals surface area contributed by atoms with Crippen molar-refractivity contribution in [2.24, 2.45) is 5.92 Å². The van der Waals surface area contributed by atoms with E-state index in [1.165, 1.54) is 17.8 Å². The van der Waals surface area contributed by atoms with Crippen molar-refractivity contribution < 1.29 is 9.59 Å². The van der Waals surface area contributed by atoms with Gasteiger partial charge in [-0.2, -0.15) is 0 Å². The number of benzene rings is 2. The summed E-state index contributed by atoms with van der Waals surface area (Å²) in [6.45, 7) is 12.6. The lowest BCUT2D eigenvalue weighted by Gasteiger charge is -2.21. The number of nitrogens with zero attached hydrogens (tertiary/aromatic N) is 3. The summed E-state index contributed by atoms with van der Waals surface area (Å²) >= 11 is 15.8. The predicted molar refractivity (Wildman–Crippen MR) is 169 cm³/mol. The zero-order chi connectivity index (χ0) is 28.7. The Bertz CT molecular complexity index is 1350. The molecular weight excluding hydrogens is 668 g/mol. The maximum absolute atomic E-state index is 13.1. The molecule has 2 aromatic carbocycles. The van der Waals surface area contributed by atoms with Gasteiger partial charge in [0.1, 0.15) is 0 Å². The van der Waals surface area contributed by atoms with Gasteiger partial charge in [-0.25, -0.2) is 0 Å². The van der Waals surface area contributed by atoms with Crippen LogP contribution in [0.1, 0.15) is 67.8 Å². The first kappa shape index (κ1) is 31.4. The average molecular weight is 700 g/mol. The topological polar surface area (TPSA) is 88.9 Å². The van der Waals surface area contributed by atoms with E-state index in [1.54, 1.807) is 18.2 Å². The largest absolute Gasteiger partial charge is 0.342 e. The van der Waals surface area contributed by atoms with Crippen LogP contribution in [0.2, 0.25) is 10.0 Å². The molecular formula is C28H32Cl2IN5O2S. The van der Waals surface area contributed by atoms with Crippen molar-refractivity contribution in [3.05, 3.63) is 79.6 Å². The Labute approximate surface area is 257 Å². The molecule has 3 aromatic rings. The number of allylic oxidation sites excluding steroid dienone is 1. The second-order valence-electron chi connectivity index (χ2n) is 9.74. The lowest BCUT2D eigenvalue weighted by atomic mass is 10.0. The minimum absolute atomic E-state index is 0.137. The molecule has 1 aromatic heterocycles. The van der Waals surface area contributed by atoms with Crippen molar-refractivity contribution >= 4 is 75.1 Å². The molecule has 0 fully saturated rings. The third-order valence-corrected chi connectivity index (χ3v) is 7.98. The molecule has 208 valence electrons. The zero-order valence-corrected chi connectivity index (χ0v) is 26.8. The highest BCUT2D eigenvalue weighted by atomic mass is 127. The molecule has 2 N–H and O–H groups in total. The van der Waals surface area contributed by atoms with Crippen molar-refractivity contribution in [1.29, 1.82) is 0 Å². The first-order chi connectivity index (χ1) is 18.5. The van der Waals surface area contributed by atoms with E-state index < -0.39 is 6.04 Å². The van der Waals surface area contributed by atoms with E-state index in [1.807, 2.05) is 16.7 Å². The summed E-state index contributed by atoms with van der Waals surface area (Å²) in [6, 6.07) is 10.3. The van der Waals surface area contributed by atoms with Crippen LogP contribution in [0.15, 0.2) is 54.2 Å². The SMILES string of the molecule is C=CCn1c(SCC(=O)Nc2ccc(I)cc2C(C)C)nnc1[C@H](CC(C)C)NC(=O)c1ccc(Cl)cc1Cl. The van der Waals surface area contributed by atoms with Gasteiger partial charge in [0.05, 0.1) is 22.4 Å². The van der Waals surface area contributed by atoms with Gasteiger partial charge in [-0.15, -0.1) is 16.8 Å². The fourth-order valence-corrected chi connectivity index (χ4v) is 5.78. The van der Waals surface area contributed by atoms with Crippen LogP contribution in [0, 0.1) is 9.49 Å². The van der Waals surface area contributed by atoms with E-state index in [0.29, 0.717) is 34.5 Å². The molecule has 0 saturated carbocycles. The number of hydrogen-bond donors (Lipinski definition) is 2. The summed E-state index contributed by atoms with van der Waals surface area (Å²) in [5, 5.41) is 16.2. The minimum atomic E-state index is -0.430. The fraction of sp³-hybridized carbons (Fsp3) is 0.357. The quantitative estimate of drug-likeness (QED) is 0.115.